The summed E-state index contributed by atoms with van der Waals surface area (Å²) in [5, 5.41) is 1.15. The smallest absolute Gasteiger partial charge is 0.357 e. The van der Waals surface area contributed by atoms with Crippen LogP contribution in [0.15, 0.2) is 48.5 Å². The van der Waals surface area contributed by atoms with Crippen molar-refractivity contribution < 1.29 is 17.6 Å². The molecule has 4 rings (SSSR count). The van der Waals surface area contributed by atoms with Crippen LogP contribution in [0.2, 0.25) is 0 Å². The molecule has 6 heteroatoms. The lowest BCUT2D eigenvalue weighted by Gasteiger charge is -2.36. The van der Waals surface area contributed by atoms with Crippen molar-refractivity contribution in [2.75, 3.05) is 13.1 Å². The monoisotopic (exact) mass is 376 g/mol. The van der Waals surface area contributed by atoms with E-state index in [1.54, 1.807) is 12.1 Å². The normalized spacial score (nSPS) is 18.0. The highest BCUT2D eigenvalue weighted by Crippen LogP contribution is 2.38. The Balaban J connectivity index is 1.71. The van der Waals surface area contributed by atoms with Crippen molar-refractivity contribution in [2.45, 2.75) is 31.5 Å². The van der Waals surface area contributed by atoms with Gasteiger partial charge in [-0.3, -0.25) is 4.90 Å². The predicted molar refractivity (Wildman–Crippen MR) is 97.1 cm³/mol. The van der Waals surface area contributed by atoms with Crippen LogP contribution in [-0.4, -0.2) is 29.1 Å². The Morgan fingerprint density at radius 3 is 2.52 bits per heavy atom. The van der Waals surface area contributed by atoms with Gasteiger partial charge in [0.25, 0.3) is 0 Å². The molecule has 0 saturated heterocycles. The van der Waals surface area contributed by atoms with Crippen LogP contribution < -0.4 is 0 Å². The van der Waals surface area contributed by atoms with Crippen LogP contribution in [0.4, 0.5) is 17.6 Å². The Bertz CT molecular complexity index is 927. The predicted octanol–water partition coefficient (Wildman–Crippen LogP) is 5.60. The van der Waals surface area contributed by atoms with Gasteiger partial charge in [0.1, 0.15) is 5.82 Å². The van der Waals surface area contributed by atoms with E-state index in [2.05, 4.69) is 16.0 Å². The summed E-state index contributed by atoms with van der Waals surface area (Å²) in [5.41, 5.74) is 4.11. The maximum Gasteiger partial charge on any atom is 0.389 e. The van der Waals surface area contributed by atoms with Gasteiger partial charge in [-0.1, -0.05) is 30.3 Å². The third-order valence-electron chi connectivity index (χ3n) is 5.23. The number of nitrogens with zero attached hydrogens (tertiary/aromatic N) is 1. The number of rotatable bonds is 4. The van der Waals surface area contributed by atoms with E-state index in [9.17, 15) is 17.6 Å². The molecular formula is C21H20F4N2. The van der Waals surface area contributed by atoms with Gasteiger partial charge in [0.05, 0.1) is 6.04 Å². The molecule has 1 N–H and O–H groups in total. The van der Waals surface area contributed by atoms with Gasteiger partial charge in [0, 0.05) is 29.6 Å². The van der Waals surface area contributed by atoms with Crippen LogP contribution in [0.25, 0.3) is 10.9 Å². The van der Waals surface area contributed by atoms with E-state index in [1.807, 2.05) is 18.2 Å². The minimum atomic E-state index is -4.15. The van der Waals surface area contributed by atoms with Gasteiger partial charge in [0.15, 0.2) is 0 Å². The molecule has 1 aromatic heterocycles. The Morgan fingerprint density at radius 2 is 1.78 bits per heavy atom. The Labute approximate surface area is 154 Å². The quantitative estimate of drug-likeness (QED) is 0.588. The van der Waals surface area contributed by atoms with Crippen LogP contribution >= 0.6 is 0 Å². The van der Waals surface area contributed by atoms with Gasteiger partial charge in [-0.2, -0.15) is 13.2 Å². The minimum absolute atomic E-state index is 0.0523. The average Bonchev–Trinajstić information content (AvgIpc) is 3.00. The molecule has 2 aromatic carbocycles. The molecule has 0 aliphatic carbocycles. The summed E-state index contributed by atoms with van der Waals surface area (Å²) in [6.07, 6.45) is -4.10. The highest BCUT2D eigenvalue weighted by molar-refractivity contribution is 5.85. The number of fused-ring (bicyclic) bond motifs is 3. The number of halogens is 4. The summed E-state index contributed by atoms with van der Waals surface area (Å²) in [6.45, 7) is 1.02. The molecular weight excluding hydrogens is 356 g/mol. The molecule has 1 aliphatic heterocycles. The summed E-state index contributed by atoms with van der Waals surface area (Å²) in [6, 6.07) is 14.1. The number of H-pyrrole nitrogens is 1. The number of benzene rings is 2. The summed E-state index contributed by atoms with van der Waals surface area (Å²) >= 11 is 0. The van der Waals surface area contributed by atoms with E-state index >= 15 is 0 Å². The fraction of sp³-hybridized carbons (Fsp3) is 0.333. The van der Waals surface area contributed by atoms with Crippen LogP contribution in [0, 0.1) is 5.82 Å². The van der Waals surface area contributed by atoms with E-state index in [4.69, 9.17) is 0 Å². The van der Waals surface area contributed by atoms with Crippen molar-refractivity contribution in [1.29, 1.82) is 0 Å². The molecule has 27 heavy (non-hydrogen) atoms. The Kier molecular flexibility index (Phi) is 4.68. The van der Waals surface area contributed by atoms with Gasteiger partial charge >= 0.3 is 6.18 Å². The van der Waals surface area contributed by atoms with E-state index in [1.165, 1.54) is 17.7 Å². The highest BCUT2D eigenvalue weighted by atomic mass is 19.4. The van der Waals surface area contributed by atoms with E-state index < -0.39 is 12.6 Å². The van der Waals surface area contributed by atoms with E-state index in [-0.39, 0.29) is 18.3 Å². The number of para-hydroxylation sites is 1. The van der Waals surface area contributed by atoms with Crippen molar-refractivity contribution in [3.8, 4) is 0 Å². The van der Waals surface area contributed by atoms with Gasteiger partial charge in [-0.15, -0.1) is 0 Å². The second-order valence-electron chi connectivity index (χ2n) is 7.02. The zero-order valence-electron chi connectivity index (χ0n) is 14.7. The number of hydrogen-bond donors (Lipinski definition) is 1. The highest BCUT2D eigenvalue weighted by Gasteiger charge is 2.33. The SMILES string of the molecule is Fc1ccc(C2c3[nH]c4ccccc4c3CCN2CCCC(F)(F)F)cc1. The molecule has 0 spiro atoms. The molecule has 1 atom stereocenters. The molecule has 2 nitrogen and oxygen atoms in total. The number of aromatic amines is 1. The second kappa shape index (κ2) is 7.00. The first-order chi connectivity index (χ1) is 12.9. The fourth-order valence-corrected chi connectivity index (χ4v) is 4.04. The number of hydrogen-bond acceptors (Lipinski definition) is 1. The van der Waals surface area contributed by atoms with Gasteiger partial charge in [-0.05, 0) is 48.7 Å². The third kappa shape index (κ3) is 3.72. The molecule has 142 valence electrons. The summed E-state index contributed by atoms with van der Waals surface area (Å²) in [5.74, 6) is -0.324. The maximum atomic E-state index is 13.4. The second-order valence-corrected chi connectivity index (χ2v) is 7.02. The number of alkyl halides is 3. The first-order valence-electron chi connectivity index (χ1n) is 9.08. The number of nitrogens with one attached hydrogen (secondary N) is 1. The number of aromatic nitrogens is 1. The zero-order chi connectivity index (χ0) is 19.0. The molecule has 1 aliphatic rings. The van der Waals surface area contributed by atoms with Crippen molar-refractivity contribution in [1.82, 2.24) is 9.88 Å². The molecule has 2 heterocycles. The topological polar surface area (TPSA) is 19.0 Å². The first-order valence-corrected chi connectivity index (χ1v) is 9.08. The van der Waals surface area contributed by atoms with Gasteiger partial charge < -0.3 is 4.98 Å². The first kappa shape index (κ1) is 18.0. The molecule has 3 aromatic rings. The Hall–Kier alpha value is -2.34. The van der Waals surface area contributed by atoms with Crippen LogP contribution in [0.5, 0.6) is 0 Å². The molecule has 0 saturated carbocycles. The average molecular weight is 376 g/mol. The lowest BCUT2D eigenvalue weighted by molar-refractivity contribution is -0.136. The standard InChI is InChI=1S/C21H20F4N2/c22-15-8-6-14(7-9-15)20-19-17(16-4-1-2-5-18(16)26-19)10-13-27(20)12-3-11-21(23,24)25/h1-2,4-9,20,26H,3,10-13H2. The molecule has 0 amide bonds. The van der Waals surface area contributed by atoms with Crippen LogP contribution in [0.1, 0.15) is 35.7 Å². The van der Waals surface area contributed by atoms with Gasteiger partial charge in [-0.25, -0.2) is 4.39 Å². The molecule has 1 unspecified atom stereocenters. The van der Waals surface area contributed by atoms with Crippen LogP contribution in [0.3, 0.4) is 0 Å². The van der Waals surface area contributed by atoms with E-state index in [0.29, 0.717) is 13.1 Å². The summed E-state index contributed by atoms with van der Waals surface area (Å²) in [7, 11) is 0. The Morgan fingerprint density at radius 1 is 1.04 bits per heavy atom. The lowest BCUT2D eigenvalue weighted by atomic mass is 9.92. The van der Waals surface area contributed by atoms with Gasteiger partial charge in [0.2, 0.25) is 0 Å². The minimum Gasteiger partial charge on any atom is -0.357 e. The van der Waals surface area contributed by atoms with Crippen LogP contribution in [-0.2, 0) is 6.42 Å². The molecule has 0 fully saturated rings. The van der Waals surface area contributed by atoms with Crippen molar-refractivity contribution in [2.24, 2.45) is 0 Å². The molecule has 0 radical (unpaired) electrons. The fourth-order valence-electron chi connectivity index (χ4n) is 4.04. The molecule has 0 bridgehead atoms. The third-order valence-corrected chi connectivity index (χ3v) is 5.23. The maximum absolute atomic E-state index is 13.4. The zero-order valence-corrected chi connectivity index (χ0v) is 14.7. The van der Waals surface area contributed by atoms with E-state index in [0.717, 1.165) is 28.6 Å². The van der Waals surface area contributed by atoms with Crippen molar-refractivity contribution in [3.63, 3.8) is 0 Å². The summed E-state index contributed by atoms with van der Waals surface area (Å²) in [4.78, 5) is 5.52. The summed E-state index contributed by atoms with van der Waals surface area (Å²) < 4.78 is 51.2. The lowest BCUT2D eigenvalue weighted by Crippen LogP contribution is -2.37. The van der Waals surface area contributed by atoms with Crippen molar-refractivity contribution >= 4 is 10.9 Å². The largest absolute Gasteiger partial charge is 0.389 e. The van der Waals surface area contributed by atoms with Crippen molar-refractivity contribution in [3.05, 3.63) is 71.2 Å².